The molecule has 0 saturated carbocycles. The molecule has 0 aromatic heterocycles. The largest absolute Gasteiger partial charge is 0.495 e. The summed E-state index contributed by atoms with van der Waals surface area (Å²) in [6, 6.07) is 20.6. The van der Waals surface area contributed by atoms with Crippen LogP contribution in [0, 0.1) is 0 Å². The lowest BCUT2D eigenvalue weighted by molar-refractivity contribution is 0.0827. The highest BCUT2D eigenvalue weighted by Crippen LogP contribution is 2.30. The van der Waals surface area contributed by atoms with E-state index in [-0.39, 0.29) is 5.91 Å². The number of nitrogens with one attached hydrogen (secondary N) is 3. The van der Waals surface area contributed by atoms with Crippen LogP contribution in [-0.4, -0.2) is 56.4 Å². The lowest BCUT2D eigenvalue weighted by Gasteiger charge is -2.14. The highest BCUT2D eigenvalue weighted by atomic mass is 32.2. The van der Waals surface area contributed by atoms with Gasteiger partial charge in [-0.1, -0.05) is 24.3 Å². The summed E-state index contributed by atoms with van der Waals surface area (Å²) < 4.78 is 21.8. The summed E-state index contributed by atoms with van der Waals surface area (Å²) in [6.45, 7) is 1.63. The van der Waals surface area contributed by atoms with E-state index >= 15 is 0 Å². The van der Waals surface area contributed by atoms with E-state index in [1.165, 1.54) is 0 Å². The Hall–Kier alpha value is -3.36. The third-order valence-electron chi connectivity index (χ3n) is 4.99. The second kappa shape index (κ2) is 11.5. The molecular formula is C25H30N4O3S. The SMILES string of the molecule is CNCCNc1cccc(NS(=O)c2cc(-c3cccc(C(=O)N(C)C)c3)ccc2OC)c1. The molecule has 0 saturated heterocycles. The van der Waals surface area contributed by atoms with E-state index < -0.39 is 11.0 Å². The summed E-state index contributed by atoms with van der Waals surface area (Å²) in [5.74, 6) is 0.451. The van der Waals surface area contributed by atoms with Crippen molar-refractivity contribution in [1.29, 1.82) is 0 Å². The molecule has 3 rings (SSSR count). The minimum atomic E-state index is -1.56. The van der Waals surface area contributed by atoms with Crippen LogP contribution >= 0.6 is 0 Å². The molecule has 3 aromatic carbocycles. The van der Waals surface area contributed by atoms with Crippen LogP contribution in [0.2, 0.25) is 0 Å². The van der Waals surface area contributed by atoms with Crippen molar-refractivity contribution in [2.75, 3.05) is 51.4 Å². The highest BCUT2D eigenvalue weighted by Gasteiger charge is 2.15. The van der Waals surface area contributed by atoms with Gasteiger partial charge in [-0.25, -0.2) is 4.21 Å². The first-order chi connectivity index (χ1) is 15.9. The van der Waals surface area contributed by atoms with E-state index in [1.807, 2.05) is 61.6 Å². The third kappa shape index (κ3) is 6.34. The van der Waals surface area contributed by atoms with E-state index in [0.29, 0.717) is 16.2 Å². The van der Waals surface area contributed by atoms with Gasteiger partial charge in [0.25, 0.3) is 5.91 Å². The summed E-state index contributed by atoms with van der Waals surface area (Å²) in [4.78, 5) is 14.4. The number of hydrogen-bond acceptors (Lipinski definition) is 5. The van der Waals surface area contributed by atoms with Crippen molar-refractivity contribution in [1.82, 2.24) is 10.2 Å². The minimum Gasteiger partial charge on any atom is -0.495 e. The van der Waals surface area contributed by atoms with Gasteiger partial charge in [-0.2, -0.15) is 0 Å². The van der Waals surface area contributed by atoms with Crippen molar-refractivity contribution in [2.24, 2.45) is 0 Å². The van der Waals surface area contributed by atoms with E-state index in [0.717, 1.165) is 35.6 Å². The Morgan fingerprint density at radius 1 is 0.939 bits per heavy atom. The number of ether oxygens (including phenoxy) is 1. The van der Waals surface area contributed by atoms with Crippen LogP contribution in [0.3, 0.4) is 0 Å². The number of benzene rings is 3. The van der Waals surface area contributed by atoms with Crippen LogP contribution in [0.15, 0.2) is 71.6 Å². The number of carbonyl (C=O) groups excluding carboxylic acids is 1. The van der Waals surface area contributed by atoms with Gasteiger partial charge < -0.3 is 25.0 Å². The Morgan fingerprint density at radius 3 is 2.39 bits per heavy atom. The number of anilines is 2. The minimum absolute atomic E-state index is 0.0703. The molecule has 0 heterocycles. The molecular weight excluding hydrogens is 436 g/mol. The number of carbonyl (C=O) groups is 1. The lowest BCUT2D eigenvalue weighted by Crippen LogP contribution is -2.21. The highest BCUT2D eigenvalue weighted by molar-refractivity contribution is 7.86. The summed E-state index contributed by atoms with van der Waals surface area (Å²) in [5, 5.41) is 6.41. The number of hydrogen-bond donors (Lipinski definition) is 3. The number of amides is 1. The molecule has 1 atom stereocenters. The van der Waals surface area contributed by atoms with Gasteiger partial charge in [-0.3, -0.25) is 4.79 Å². The zero-order valence-corrected chi connectivity index (χ0v) is 20.2. The summed E-state index contributed by atoms with van der Waals surface area (Å²) in [7, 11) is 5.35. The van der Waals surface area contributed by atoms with Crippen molar-refractivity contribution >= 4 is 28.3 Å². The average Bonchev–Trinajstić information content (AvgIpc) is 2.83. The molecule has 33 heavy (non-hydrogen) atoms. The van der Waals surface area contributed by atoms with E-state index in [4.69, 9.17) is 4.74 Å². The summed E-state index contributed by atoms with van der Waals surface area (Å²) in [6.07, 6.45) is 0. The molecule has 0 aliphatic rings. The maximum absolute atomic E-state index is 13.2. The molecule has 1 amide bonds. The summed E-state index contributed by atoms with van der Waals surface area (Å²) >= 11 is 0. The number of methoxy groups -OCH3 is 1. The second-order valence-electron chi connectivity index (χ2n) is 7.63. The fourth-order valence-corrected chi connectivity index (χ4v) is 4.30. The quantitative estimate of drug-likeness (QED) is 0.396. The molecule has 0 fully saturated rings. The Bertz CT molecular complexity index is 1130. The monoisotopic (exact) mass is 466 g/mol. The van der Waals surface area contributed by atoms with Gasteiger partial charge in [0.2, 0.25) is 0 Å². The second-order valence-corrected chi connectivity index (χ2v) is 8.81. The average molecular weight is 467 g/mol. The molecule has 0 aliphatic carbocycles. The number of nitrogens with zero attached hydrogens (tertiary/aromatic N) is 1. The normalized spacial score (nSPS) is 11.5. The van der Waals surface area contributed by atoms with Crippen molar-refractivity contribution in [2.45, 2.75) is 4.90 Å². The number of likely N-dealkylation sites (N-methyl/N-ethyl adjacent to an activating group) is 1. The Labute approximate surface area is 197 Å². The molecule has 0 spiro atoms. The molecule has 0 aliphatic heterocycles. The predicted molar refractivity (Wildman–Crippen MR) is 135 cm³/mol. The van der Waals surface area contributed by atoms with Gasteiger partial charge in [0.1, 0.15) is 10.6 Å². The van der Waals surface area contributed by atoms with Crippen molar-refractivity contribution in [3.63, 3.8) is 0 Å². The van der Waals surface area contributed by atoms with Crippen LogP contribution in [0.5, 0.6) is 5.75 Å². The van der Waals surface area contributed by atoms with Gasteiger partial charge in [-0.15, -0.1) is 0 Å². The van der Waals surface area contributed by atoms with Crippen molar-refractivity contribution in [3.05, 3.63) is 72.3 Å². The number of rotatable bonds is 10. The Morgan fingerprint density at radius 2 is 1.67 bits per heavy atom. The van der Waals surface area contributed by atoms with Gasteiger partial charge in [0, 0.05) is 44.1 Å². The third-order valence-corrected chi connectivity index (χ3v) is 6.13. The first kappa shape index (κ1) is 24.3. The van der Waals surface area contributed by atoms with Crippen LogP contribution in [0.4, 0.5) is 11.4 Å². The Balaban J connectivity index is 1.86. The first-order valence-electron chi connectivity index (χ1n) is 10.6. The zero-order chi connectivity index (χ0) is 23.8. The molecule has 0 radical (unpaired) electrons. The standard InChI is InChI=1S/C25H30N4O3S/c1-26-13-14-27-21-9-6-10-22(17-21)28-33(31)24-16-19(11-12-23(24)32-4)18-7-5-8-20(15-18)25(30)29(2)3/h5-12,15-17,26-28H,13-14H2,1-4H3. The smallest absolute Gasteiger partial charge is 0.253 e. The molecule has 0 bridgehead atoms. The Kier molecular flexibility index (Phi) is 8.46. The summed E-state index contributed by atoms with van der Waals surface area (Å²) in [5.41, 5.74) is 3.97. The van der Waals surface area contributed by atoms with Gasteiger partial charge >= 0.3 is 0 Å². The molecule has 8 heteroatoms. The van der Waals surface area contributed by atoms with E-state index in [1.54, 1.807) is 38.2 Å². The fourth-order valence-electron chi connectivity index (χ4n) is 3.28. The predicted octanol–water partition coefficient (Wildman–Crippen LogP) is 3.83. The van der Waals surface area contributed by atoms with Gasteiger partial charge in [-0.05, 0) is 60.6 Å². The van der Waals surface area contributed by atoms with Crippen LogP contribution in [0.25, 0.3) is 11.1 Å². The van der Waals surface area contributed by atoms with E-state index in [9.17, 15) is 9.00 Å². The van der Waals surface area contributed by atoms with Gasteiger partial charge in [0.15, 0.2) is 11.0 Å². The molecule has 174 valence electrons. The molecule has 3 aromatic rings. The first-order valence-corrected chi connectivity index (χ1v) is 11.7. The van der Waals surface area contributed by atoms with Crippen LogP contribution in [-0.2, 0) is 11.0 Å². The van der Waals surface area contributed by atoms with Crippen molar-refractivity contribution < 1.29 is 13.7 Å². The van der Waals surface area contributed by atoms with Crippen molar-refractivity contribution in [3.8, 4) is 16.9 Å². The molecule has 7 nitrogen and oxygen atoms in total. The maximum atomic E-state index is 13.2. The van der Waals surface area contributed by atoms with Crippen LogP contribution < -0.4 is 20.1 Å². The molecule has 1 unspecified atom stereocenters. The zero-order valence-electron chi connectivity index (χ0n) is 19.3. The fraction of sp³-hybridized carbons (Fsp3) is 0.240. The van der Waals surface area contributed by atoms with Crippen LogP contribution in [0.1, 0.15) is 10.4 Å². The lowest BCUT2D eigenvalue weighted by atomic mass is 10.0. The topological polar surface area (TPSA) is 82.7 Å². The van der Waals surface area contributed by atoms with Gasteiger partial charge in [0.05, 0.1) is 7.11 Å². The molecule has 3 N–H and O–H groups in total. The maximum Gasteiger partial charge on any atom is 0.253 e. The van der Waals surface area contributed by atoms with E-state index in [2.05, 4.69) is 15.4 Å².